The Kier molecular flexibility index (Phi) is 3.16. The monoisotopic (exact) mass is 265 g/mol. The largest absolute Gasteiger partial charge is 0.454 e. The number of hydrogen-bond acceptors (Lipinski definition) is 4. The fourth-order valence-electron chi connectivity index (χ4n) is 3.20. The summed E-state index contributed by atoms with van der Waals surface area (Å²) in [7, 11) is 0. The van der Waals surface area contributed by atoms with Crippen molar-refractivity contribution < 1.29 is 9.47 Å². The highest BCUT2D eigenvalue weighted by atomic mass is 32.2. The normalized spacial score (nSPS) is 20.3. The number of nitrogens with two attached hydrogens (primary N) is 1. The molecular weight excluding hydrogens is 246 g/mol. The van der Waals surface area contributed by atoms with Gasteiger partial charge in [-0.05, 0) is 30.7 Å². The summed E-state index contributed by atoms with van der Waals surface area (Å²) in [6.07, 6.45) is 7.03. The quantitative estimate of drug-likeness (QED) is 0.854. The molecule has 0 amide bonds. The second kappa shape index (κ2) is 4.67. The molecule has 0 saturated heterocycles. The highest BCUT2D eigenvalue weighted by Gasteiger charge is 2.38. The number of hydrogen-bond donors (Lipinski definition) is 1. The summed E-state index contributed by atoms with van der Waals surface area (Å²) in [5.41, 5.74) is 7.60. The maximum atomic E-state index is 6.09. The van der Waals surface area contributed by atoms with Crippen molar-refractivity contribution in [3.63, 3.8) is 0 Å². The zero-order chi connectivity index (χ0) is 12.6. The van der Waals surface area contributed by atoms with E-state index in [0.717, 1.165) is 18.0 Å². The molecule has 3 rings (SSSR count). The van der Waals surface area contributed by atoms with Gasteiger partial charge in [0.25, 0.3) is 0 Å². The van der Waals surface area contributed by atoms with E-state index in [0.29, 0.717) is 6.79 Å². The smallest absolute Gasteiger partial charge is 0.231 e. The van der Waals surface area contributed by atoms with Gasteiger partial charge in [-0.25, -0.2) is 0 Å². The van der Waals surface area contributed by atoms with E-state index < -0.39 is 0 Å². The summed E-state index contributed by atoms with van der Waals surface area (Å²) < 4.78 is 11.1. The maximum Gasteiger partial charge on any atom is 0.231 e. The SMILES string of the molecule is CSc1c(C2(CN)CCCC2)ccc2c1OCO2. The van der Waals surface area contributed by atoms with Gasteiger partial charge in [-0.1, -0.05) is 18.9 Å². The van der Waals surface area contributed by atoms with Crippen LogP contribution < -0.4 is 15.2 Å². The summed E-state index contributed by atoms with van der Waals surface area (Å²) in [6, 6.07) is 4.23. The lowest BCUT2D eigenvalue weighted by Crippen LogP contribution is -2.32. The van der Waals surface area contributed by atoms with E-state index in [4.69, 9.17) is 15.2 Å². The summed E-state index contributed by atoms with van der Waals surface area (Å²) in [6.45, 7) is 1.06. The average molecular weight is 265 g/mol. The lowest BCUT2D eigenvalue weighted by Gasteiger charge is -2.30. The Hall–Kier alpha value is -0.870. The highest BCUT2D eigenvalue weighted by Crippen LogP contribution is 2.50. The number of ether oxygens (including phenoxy) is 2. The fourth-order valence-corrected chi connectivity index (χ4v) is 4.05. The van der Waals surface area contributed by atoms with Crippen LogP contribution in [0.5, 0.6) is 11.5 Å². The Bertz CT molecular complexity index is 455. The minimum absolute atomic E-state index is 0.152. The van der Waals surface area contributed by atoms with Gasteiger partial charge in [-0.15, -0.1) is 11.8 Å². The molecule has 1 heterocycles. The van der Waals surface area contributed by atoms with Crippen LogP contribution in [0.2, 0.25) is 0 Å². The molecule has 1 aliphatic carbocycles. The predicted octanol–water partition coefficient (Wildman–Crippen LogP) is 2.91. The molecule has 0 spiro atoms. The van der Waals surface area contributed by atoms with E-state index in [1.807, 2.05) is 6.07 Å². The lowest BCUT2D eigenvalue weighted by molar-refractivity contribution is 0.172. The first-order valence-corrected chi connectivity index (χ1v) is 7.70. The van der Waals surface area contributed by atoms with Crippen molar-refractivity contribution in [2.75, 3.05) is 19.6 Å². The van der Waals surface area contributed by atoms with Crippen molar-refractivity contribution >= 4 is 11.8 Å². The first-order valence-electron chi connectivity index (χ1n) is 6.48. The Balaban J connectivity index is 2.11. The van der Waals surface area contributed by atoms with E-state index in [1.165, 1.54) is 36.1 Å². The number of rotatable bonds is 3. The fraction of sp³-hybridized carbons (Fsp3) is 0.571. The van der Waals surface area contributed by atoms with Gasteiger partial charge in [0, 0.05) is 12.0 Å². The first kappa shape index (κ1) is 12.2. The number of thioether (sulfide) groups is 1. The van der Waals surface area contributed by atoms with Crippen LogP contribution in [0.3, 0.4) is 0 Å². The third-order valence-corrected chi connectivity index (χ3v) is 5.03. The molecule has 4 heteroatoms. The standard InChI is InChI=1S/C14H19NO2S/c1-18-13-10(14(8-15)6-2-3-7-14)4-5-11-12(13)17-9-16-11/h4-5H,2-3,6-9,15H2,1H3. The minimum Gasteiger partial charge on any atom is -0.454 e. The molecule has 1 saturated carbocycles. The van der Waals surface area contributed by atoms with Crippen molar-refractivity contribution in [3.05, 3.63) is 17.7 Å². The number of fused-ring (bicyclic) bond motifs is 1. The van der Waals surface area contributed by atoms with Gasteiger partial charge < -0.3 is 15.2 Å². The van der Waals surface area contributed by atoms with E-state index >= 15 is 0 Å². The van der Waals surface area contributed by atoms with Crippen molar-refractivity contribution in [1.29, 1.82) is 0 Å². The van der Waals surface area contributed by atoms with Crippen molar-refractivity contribution in [1.82, 2.24) is 0 Å². The molecule has 98 valence electrons. The third kappa shape index (κ3) is 1.70. The average Bonchev–Trinajstić information content (AvgIpc) is 3.06. The zero-order valence-electron chi connectivity index (χ0n) is 10.7. The molecule has 1 fully saturated rings. The Morgan fingerprint density at radius 3 is 2.72 bits per heavy atom. The molecule has 1 aromatic carbocycles. The van der Waals surface area contributed by atoms with E-state index in [1.54, 1.807) is 11.8 Å². The maximum absolute atomic E-state index is 6.09. The molecular formula is C14H19NO2S. The van der Waals surface area contributed by atoms with Gasteiger partial charge in [0.2, 0.25) is 6.79 Å². The van der Waals surface area contributed by atoms with Gasteiger partial charge in [-0.3, -0.25) is 0 Å². The highest BCUT2D eigenvalue weighted by molar-refractivity contribution is 7.98. The van der Waals surface area contributed by atoms with Crippen LogP contribution >= 0.6 is 11.8 Å². The van der Waals surface area contributed by atoms with Crippen LogP contribution in [-0.4, -0.2) is 19.6 Å². The van der Waals surface area contributed by atoms with Crippen LogP contribution in [0, 0.1) is 0 Å². The molecule has 1 aromatic rings. The molecule has 0 bridgehead atoms. The molecule has 1 aliphatic heterocycles. The van der Waals surface area contributed by atoms with Crippen LogP contribution in [0.1, 0.15) is 31.2 Å². The summed E-state index contributed by atoms with van der Waals surface area (Å²) in [5, 5.41) is 0. The second-order valence-corrected chi connectivity index (χ2v) is 5.89. The van der Waals surface area contributed by atoms with Crippen molar-refractivity contribution in [2.24, 2.45) is 5.73 Å². The molecule has 3 nitrogen and oxygen atoms in total. The van der Waals surface area contributed by atoms with Crippen LogP contribution in [0.15, 0.2) is 17.0 Å². The van der Waals surface area contributed by atoms with Gasteiger partial charge in [0.15, 0.2) is 11.5 Å². The van der Waals surface area contributed by atoms with E-state index in [9.17, 15) is 0 Å². The second-order valence-electron chi connectivity index (χ2n) is 5.07. The lowest BCUT2D eigenvalue weighted by atomic mass is 9.79. The minimum atomic E-state index is 0.152. The Morgan fingerprint density at radius 2 is 2.06 bits per heavy atom. The van der Waals surface area contributed by atoms with Crippen LogP contribution in [0.25, 0.3) is 0 Å². The summed E-state index contributed by atoms with van der Waals surface area (Å²) >= 11 is 1.74. The molecule has 2 aliphatic rings. The van der Waals surface area contributed by atoms with Gasteiger partial charge in [0.05, 0.1) is 4.90 Å². The van der Waals surface area contributed by atoms with Gasteiger partial charge >= 0.3 is 0 Å². The number of benzene rings is 1. The summed E-state index contributed by atoms with van der Waals surface area (Å²) in [4.78, 5) is 1.22. The Labute approximate surface area is 112 Å². The van der Waals surface area contributed by atoms with E-state index in [2.05, 4.69) is 12.3 Å². The van der Waals surface area contributed by atoms with Crippen LogP contribution in [-0.2, 0) is 5.41 Å². The summed E-state index contributed by atoms with van der Waals surface area (Å²) in [5.74, 6) is 1.79. The van der Waals surface area contributed by atoms with Crippen molar-refractivity contribution in [3.8, 4) is 11.5 Å². The molecule has 18 heavy (non-hydrogen) atoms. The Morgan fingerprint density at radius 1 is 1.28 bits per heavy atom. The molecule has 0 aromatic heterocycles. The zero-order valence-corrected chi connectivity index (χ0v) is 11.5. The third-order valence-electron chi connectivity index (χ3n) is 4.22. The molecule has 2 N–H and O–H groups in total. The first-order chi connectivity index (χ1) is 8.80. The molecule has 0 unspecified atom stereocenters. The van der Waals surface area contributed by atoms with Crippen LogP contribution in [0.4, 0.5) is 0 Å². The van der Waals surface area contributed by atoms with Crippen molar-refractivity contribution in [2.45, 2.75) is 36.0 Å². The van der Waals surface area contributed by atoms with E-state index in [-0.39, 0.29) is 5.41 Å². The topological polar surface area (TPSA) is 44.5 Å². The predicted molar refractivity (Wildman–Crippen MR) is 73.5 cm³/mol. The van der Waals surface area contributed by atoms with Gasteiger partial charge in [-0.2, -0.15) is 0 Å². The molecule has 0 atom stereocenters. The molecule has 0 radical (unpaired) electrons. The van der Waals surface area contributed by atoms with Gasteiger partial charge in [0.1, 0.15) is 0 Å².